The Morgan fingerprint density at radius 1 is 1.59 bits per heavy atom. The summed E-state index contributed by atoms with van der Waals surface area (Å²) in [6.45, 7) is 6.49. The van der Waals surface area contributed by atoms with Gasteiger partial charge in [-0.3, -0.25) is 4.79 Å². The van der Waals surface area contributed by atoms with Gasteiger partial charge in [-0.05, 0) is 56.7 Å². The van der Waals surface area contributed by atoms with Gasteiger partial charge in [0, 0.05) is 12.5 Å². The second-order valence-electron chi connectivity index (χ2n) is 4.85. The Morgan fingerprint density at radius 2 is 2.41 bits per heavy atom. The number of nitrogens with one attached hydrogen (secondary N) is 2. The van der Waals surface area contributed by atoms with Crippen LogP contribution in [0.3, 0.4) is 0 Å². The lowest BCUT2D eigenvalue weighted by Gasteiger charge is -2.14. The molecule has 1 fully saturated rings. The first-order valence-electron chi connectivity index (χ1n) is 6.80. The quantitative estimate of drug-likeness (QED) is 0.655. The zero-order valence-corrected chi connectivity index (χ0v) is 11.9. The van der Waals surface area contributed by atoms with Crippen molar-refractivity contribution in [2.45, 2.75) is 45.6 Å². The Bertz CT molecular complexity index is 217. The fourth-order valence-corrected chi connectivity index (χ4v) is 2.93. The van der Waals surface area contributed by atoms with Crippen molar-refractivity contribution in [2.24, 2.45) is 5.92 Å². The molecule has 1 rings (SSSR count). The van der Waals surface area contributed by atoms with Crippen LogP contribution in [0.15, 0.2) is 0 Å². The van der Waals surface area contributed by atoms with Crippen LogP contribution in [0.5, 0.6) is 0 Å². The number of hydrogen-bond donors (Lipinski definition) is 2. The molecule has 2 N–H and O–H groups in total. The van der Waals surface area contributed by atoms with Gasteiger partial charge in [0.25, 0.3) is 0 Å². The van der Waals surface area contributed by atoms with E-state index in [1.807, 2.05) is 11.8 Å². The van der Waals surface area contributed by atoms with E-state index in [0.717, 1.165) is 37.4 Å². The van der Waals surface area contributed by atoms with Crippen LogP contribution >= 0.6 is 11.8 Å². The van der Waals surface area contributed by atoms with Crippen molar-refractivity contribution in [1.29, 1.82) is 0 Å². The van der Waals surface area contributed by atoms with Crippen molar-refractivity contribution in [1.82, 2.24) is 10.6 Å². The Kier molecular flexibility index (Phi) is 7.69. The summed E-state index contributed by atoms with van der Waals surface area (Å²) in [5.74, 6) is 3.25. The van der Waals surface area contributed by atoms with E-state index in [-0.39, 0.29) is 5.91 Å². The van der Waals surface area contributed by atoms with Crippen molar-refractivity contribution in [2.75, 3.05) is 24.6 Å². The number of hydrogen-bond acceptors (Lipinski definition) is 3. The minimum absolute atomic E-state index is 0.228. The van der Waals surface area contributed by atoms with E-state index in [1.165, 1.54) is 6.42 Å². The molecule has 4 heteroatoms. The molecular formula is C13H26N2OS. The third-order valence-corrected chi connectivity index (χ3v) is 4.18. The Morgan fingerprint density at radius 3 is 3.06 bits per heavy atom. The summed E-state index contributed by atoms with van der Waals surface area (Å²) in [5, 5.41) is 6.43. The summed E-state index contributed by atoms with van der Waals surface area (Å²) in [5.41, 5.74) is 0. The number of carbonyl (C=O) groups excluding carboxylic acids is 1. The zero-order chi connectivity index (χ0) is 12.5. The predicted octanol–water partition coefficient (Wildman–Crippen LogP) is 2.02. The monoisotopic (exact) mass is 258 g/mol. The maximum Gasteiger partial charge on any atom is 0.220 e. The fourth-order valence-electron chi connectivity index (χ4n) is 2.12. The van der Waals surface area contributed by atoms with E-state index in [9.17, 15) is 4.79 Å². The molecule has 0 radical (unpaired) electrons. The van der Waals surface area contributed by atoms with E-state index in [2.05, 4.69) is 24.5 Å². The highest BCUT2D eigenvalue weighted by molar-refractivity contribution is 7.99. The molecule has 1 aliphatic heterocycles. The van der Waals surface area contributed by atoms with E-state index in [0.29, 0.717) is 18.4 Å². The fraction of sp³-hybridized carbons (Fsp3) is 0.923. The molecule has 0 bridgehead atoms. The van der Waals surface area contributed by atoms with Gasteiger partial charge in [-0.2, -0.15) is 11.8 Å². The van der Waals surface area contributed by atoms with Crippen LogP contribution in [0.2, 0.25) is 0 Å². The highest BCUT2D eigenvalue weighted by atomic mass is 32.2. The number of amides is 1. The lowest BCUT2D eigenvalue weighted by molar-refractivity contribution is -0.121. The van der Waals surface area contributed by atoms with Gasteiger partial charge in [0.05, 0.1) is 0 Å². The second-order valence-corrected chi connectivity index (χ2v) is 6.25. The van der Waals surface area contributed by atoms with Crippen LogP contribution in [0, 0.1) is 5.92 Å². The van der Waals surface area contributed by atoms with E-state index >= 15 is 0 Å². The maximum absolute atomic E-state index is 11.7. The first-order chi connectivity index (χ1) is 8.22. The molecular weight excluding hydrogens is 232 g/mol. The summed E-state index contributed by atoms with van der Waals surface area (Å²) >= 11 is 1.94. The molecule has 2 unspecified atom stereocenters. The van der Waals surface area contributed by atoms with Crippen molar-refractivity contribution in [3.8, 4) is 0 Å². The first-order valence-corrected chi connectivity index (χ1v) is 7.95. The van der Waals surface area contributed by atoms with E-state index < -0.39 is 0 Å². The number of thioether (sulfide) groups is 1. The molecule has 0 spiro atoms. The van der Waals surface area contributed by atoms with Gasteiger partial charge >= 0.3 is 0 Å². The molecule has 1 saturated heterocycles. The minimum atomic E-state index is 0.228. The van der Waals surface area contributed by atoms with Crippen LogP contribution in [0.4, 0.5) is 0 Å². The highest BCUT2D eigenvalue weighted by Crippen LogP contribution is 2.14. The molecule has 3 nitrogen and oxygen atoms in total. The molecule has 1 aliphatic rings. The Hall–Kier alpha value is -0.220. The van der Waals surface area contributed by atoms with Gasteiger partial charge < -0.3 is 10.6 Å². The topological polar surface area (TPSA) is 41.1 Å². The maximum atomic E-state index is 11.7. The van der Waals surface area contributed by atoms with Crippen molar-refractivity contribution in [3.63, 3.8) is 0 Å². The second kappa shape index (κ2) is 8.81. The average molecular weight is 258 g/mol. The summed E-state index contributed by atoms with van der Waals surface area (Å²) in [6, 6.07) is 0.322. The molecule has 0 saturated carbocycles. The molecule has 100 valence electrons. The van der Waals surface area contributed by atoms with Gasteiger partial charge in [-0.15, -0.1) is 0 Å². The van der Waals surface area contributed by atoms with Crippen molar-refractivity contribution in [3.05, 3.63) is 0 Å². The zero-order valence-electron chi connectivity index (χ0n) is 11.1. The van der Waals surface area contributed by atoms with Crippen LogP contribution < -0.4 is 10.6 Å². The summed E-state index contributed by atoms with van der Waals surface area (Å²) in [7, 11) is 0. The van der Waals surface area contributed by atoms with Crippen LogP contribution in [0.1, 0.15) is 39.5 Å². The Labute approximate surface area is 109 Å². The molecule has 1 amide bonds. The van der Waals surface area contributed by atoms with Crippen molar-refractivity contribution < 1.29 is 4.79 Å². The van der Waals surface area contributed by atoms with Crippen LogP contribution in [0.25, 0.3) is 0 Å². The molecule has 0 aliphatic carbocycles. The first kappa shape index (κ1) is 14.8. The SMILES string of the molecule is CCSCCC(C)NC(=O)CCC1CCNC1. The lowest BCUT2D eigenvalue weighted by Crippen LogP contribution is -2.33. The van der Waals surface area contributed by atoms with E-state index in [4.69, 9.17) is 0 Å². The molecule has 17 heavy (non-hydrogen) atoms. The largest absolute Gasteiger partial charge is 0.354 e. The van der Waals surface area contributed by atoms with Gasteiger partial charge in [-0.25, -0.2) is 0 Å². The average Bonchev–Trinajstić information content (AvgIpc) is 2.79. The normalized spacial score (nSPS) is 21.4. The summed E-state index contributed by atoms with van der Waals surface area (Å²) in [4.78, 5) is 11.7. The van der Waals surface area contributed by atoms with Gasteiger partial charge in [0.1, 0.15) is 0 Å². The predicted molar refractivity (Wildman–Crippen MR) is 75.4 cm³/mol. The van der Waals surface area contributed by atoms with Crippen LogP contribution in [-0.4, -0.2) is 36.5 Å². The minimum Gasteiger partial charge on any atom is -0.354 e. The highest BCUT2D eigenvalue weighted by Gasteiger charge is 2.16. The van der Waals surface area contributed by atoms with Gasteiger partial charge in [0.15, 0.2) is 0 Å². The Balaban J connectivity index is 2.02. The van der Waals surface area contributed by atoms with Crippen LogP contribution in [-0.2, 0) is 4.79 Å². The van der Waals surface area contributed by atoms with E-state index in [1.54, 1.807) is 0 Å². The summed E-state index contributed by atoms with van der Waals surface area (Å²) in [6.07, 6.45) is 4.04. The van der Waals surface area contributed by atoms with Gasteiger partial charge in [-0.1, -0.05) is 6.92 Å². The molecule has 0 aromatic rings. The molecule has 2 atom stereocenters. The molecule has 0 aromatic heterocycles. The molecule has 0 aromatic carbocycles. The summed E-state index contributed by atoms with van der Waals surface area (Å²) < 4.78 is 0. The standard InChI is InChI=1S/C13H26N2OS/c1-3-17-9-7-11(2)15-13(16)5-4-12-6-8-14-10-12/h11-12,14H,3-10H2,1-2H3,(H,15,16). The molecule has 1 heterocycles. The van der Waals surface area contributed by atoms with Gasteiger partial charge in [0.2, 0.25) is 5.91 Å². The third-order valence-electron chi connectivity index (χ3n) is 3.25. The van der Waals surface area contributed by atoms with Crippen molar-refractivity contribution >= 4 is 17.7 Å². The third kappa shape index (κ3) is 6.94. The number of carbonyl (C=O) groups is 1. The number of rotatable bonds is 8. The lowest BCUT2D eigenvalue weighted by atomic mass is 10.0. The smallest absolute Gasteiger partial charge is 0.220 e.